The van der Waals surface area contributed by atoms with Crippen LogP contribution in [0.25, 0.3) is 0 Å². The quantitative estimate of drug-likeness (QED) is 0.478. The first kappa shape index (κ1) is 4.77. The highest BCUT2D eigenvalue weighted by Gasteiger charge is 2.51. The first-order chi connectivity index (χ1) is 3.93. The Labute approximate surface area is 48.9 Å². The maximum atomic E-state index is 8.68. The topological polar surface area (TPSA) is 32.3 Å². The van der Waals surface area contributed by atoms with E-state index in [2.05, 4.69) is 5.32 Å². The van der Waals surface area contributed by atoms with Crippen molar-refractivity contribution in [3.05, 3.63) is 0 Å². The molecule has 2 nitrogen and oxygen atoms in total. The highest BCUT2D eigenvalue weighted by Crippen LogP contribution is 2.47. The largest absolute Gasteiger partial charge is 0.396 e. The predicted octanol–water partition coefficient (Wildman–Crippen LogP) is -0.556. The Kier molecular flexibility index (Phi) is 0.866. The van der Waals surface area contributed by atoms with Gasteiger partial charge in [0.05, 0.1) is 0 Å². The van der Waals surface area contributed by atoms with Crippen molar-refractivity contribution in [3.8, 4) is 0 Å². The number of piperidine rings is 1. The number of aliphatic hydroxyl groups excluding tert-OH is 1. The van der Waals surface area contributed by atoms with Crippen LogP contribution in [-0.4, -0.2) is 24.8 Å². The van der Waals surface area contributed by atoms with E-state index in [9.17, 15) is 0 Å². The molecule has 2 N–H and O–H groups in total. The average molecular weight is 113 g/mol. The number of hydrogen-bond acceptors (Lipinski definition) is 2. The molecule has 0 amide bonds. The predicted molar refractivity (Wildman–Crippen MR) is 30.4 cm³/mol. The van der Waals surface area contributed by atoms with Crippen molar-refractivity contribution in [2.45, 2.75) is 0 Å². The van der Waals surface area contributed by atoms with Gasteiger partial charge < -0.3 is 10.4 Å². The van der Waals surface area contributed by atoms with E-state index in [0.717, 1.165) is 24.9 Å². The summed E-state index contributed by atoms with van der Waals surface area (Å²) in [5, 5.41) is 12.0. The molecule has 0 aromatic carbocycles. The van der Waals surface area contributed by atoms with Crippen molar-refractivity contribution in [3.63, 3.8) is 0 Å². The molecule has 0 aromatic heterocycles. The second-order valence-corrected chi connectivity index (χ2v) is 2.83. The van der Waals surface area contributed by atoms with Gasteiger partial charge in [-0.2, -0.15) is 0 Å². The fraction of sp³-hybridized carbons (Fsp3) is 1.00. The van der Waals surface area contributed by atoms with E-state index in [1.165, 1.54) is 0 Å². The zero-order valence-corrected chi connectivity index (χ0v) is 4.80. The van der Waals surface area contributed by atoms with E-state index in [1.54, 1.807) is 0 Å². The number of fused-ring (bicyclic) bond motifs is 1. The van der Waals surface area contributed by atoms with Crippen LogP contribution in [0.15, 0.2) is 0 Å². The summed E-state index contributed by atoms with van der Waals surface area (Å²) in [6, 6.07) is 0. The Hall–Kier alpha value is -0.0800. The van der Waals surface area contributed by atoms with Crippen molar-refractivity contribution < 1.29 is 5.11 Å². The molecule has 0 aromatic rings. The van der Waals surface area contributed by atoms with E-state index in [-0.39, 0.29) is 0 Å². The van der Waals surface area contributed by atoms with Crippen LogP contribution in [0.1, 0.15) is 0 Å². The van der Waals surface area contributed by atoms with Gasteiger partial charge in [0.2, 0.25) is 0 Å². The third-order valence-corrected chi connectivity index (χ3v) is 2.48. The first-order valence-corrected chi connectivity index (χ1v) is 3.25. The summed E-state index contributed by atoms with van der Waals surface area (Å²) < 4.78 is 0. The SMILES string of the molecule is OCC1[C@H]2CNC[C@H]12. The minimum atomic E-state index is 0.414. The molecular formula is C6H11NO. The highest BCUT2D eigenvalue weighted by molar-refractivity contribution is 5.03. The maximum Gasteiger partial charge on any atom is 0.0465 e. The Balaban J connectivity index is 1.94. The van der Waals surface area contributed by atoms with E-state index >= 15 is 0 Å². The van der Waals surface area contributed by atoms with Crippen LogP contribution in [0, 0.1) is 17.8 Å². The molecular weight excluding hydrogens is 102 g/mol. The van der Waals surface area contributed by atoms with Gasteiger partial charge in [-0.1, -0.05) is 0 Å². The standard InChI is InChI=1S/C6H11NO/c8-3-6-4-1-7-2-5(4)6/h4-8H,1-3H2/t4-,5-/m0/s1. The first-order valence-electron chi connectivity index (χ1n) is 3.25. The minimum absolute atomic E-state index is 0.414. The third kappa shape index (κ3) is 0.446. The van der Waals surface area contributed by atoms with Crippen LogP contribution >= 0.6 is 0 Å². The molecule has 2 rings (SSSR count). The summed E-state index contributed by atoms with van der Waals surface area (Å²) in [4.78, 5) is 0. The van der Waals surface area contributed by atoms with E-state index < -0.39 is 0 Å². The van der Waals surface area contributed by atoms with Gasteiger partial charge in [0.25, 0.3) is 0 Å². The Morgan fingerprint density at radius 3 is 2.38 bits per heavy atom. The van der Waals surface area contributed by atoms with Crippen LogP contribution in [0.5, 0.6) is 0 Å². The van der Waals surface area contributed by atoms with Gasteiger partial charge in [-0.25, -0.2) is 0 Å². The fourth-order valence-electron chi connectivity index (χ4n) is 1.82. The summed E-state index contributed by atoms with van der Waals surface area (Å²) >= 11 is 0. The van der Waals surface area contributed by atoms with Gasteiger partial charge in [0.15, 0.2) is 0 Å². The van der Waals surface area contributed by atoms with E-state index in [4.69, 9.17) is 5.11 Å². The van der Waals surface area contributed by atoms with Crippen LogP contribution in [0.2, 0.25) is 0 Å². The van der Waals surface area contributed by atoms with Crippen LogP contribution in [0.3, 0.4) is 0 Å². The molecule has 1 heterocycles. The molecule has 46 valence electrons. The van der Waals surface area contributed by atoms with Gasteiger partial charge in [-0.05, 0) is 30.8 Å². The molecule has 0 unspecified atom stereocenters. The lowest BCUT2D eigenvalue weighted by Gasteiger charge is -1.97. The second kappa shape index (κ2) is 1.45. The number of hydrogen-bond donors (Lipinski definition) is 2. The second-order valence-electron chi connectivity index (χ2n) is 2.83. The monoisotopic (exact) mass is 113 g/mol. The van der Waals surface area contributed by atoms with Gasteiger partial charge in [0, 0.05) is 6.61 Å². The molecule has 1 aliphatic carbocycles. The number of rotatable bonds is 1. The lowest BCUT2D eigenvalue weighted by atomic mass is 10.3. The molecule has 2 atom stereocenters. The van der Waals surface area contributed by atoms with Crippen LogP contribution in [-0.2, 0) is 0 Å². The molecule has 8 heavy (non-hydrogen) atoms. The van der Waals surface area contributed by atoms with Gasteiger partial charge >= 0.3 is 0 Å². The van der Waals surface area contributed by atoms with Gasteiger partial charge in [0.1, 0.15) is 0 Å². The van der Waals surface area contributed by atoms with Crippen molar-refractivity contribution in [1.29, 1.82) is 0 Å². The summed E-state index contributed by atoms with van der Waals surface area (Å²) in [6.45, 7) is 2.71. The zero-order valence-electron chi connectivity index (χ0n) is 4.80. The van der Waals surface area contributed by atoms with E-state index in [1.807, 2.05) is 0 Å². The molecule has 2 fully saturated rings. The van der Waals surface area contributed by atoms with Crippen molar-refractivity contribution >= 4 is 0 Å². The molecule has 2 aliphatic rings. The summed E-state index contributed by atoms with van der Waals surface area (Å²) in [5.41, 5.74) is 0. The average Bonchev–Trinajstić information content (AvgIpc) is 2.22. The lowest BCUT2D eigenvalue weighted by Crippen LogP contribution is -2.15. The molecule has 0 bridgehead atoms. The summed E-state index contributed by atoms with van der Waals surface area (Å²) in [5.74, 6) is 2.33. The minimum Gasteiger partial charge on any atom is -0.396 e. The van der Waals surface area contributed by atoms with Gasteiger partial charge in [-0.3, -0.25) is 0 Å². The Bertz CT molecular complexity index is 87.9. The third-order valence-electron chi connectivity index (χ3n) is 2.48. The van der Waals surface area contributed by atoms with Crippen molar-refractivity contribution in [2.24, 2.45) is 17.8 Å². The van der Waals surface area contributed by atoms with E-state index in [0.29, 0.717) is 12.5 Å². The molecule has 1 saturated heterocycles. The Morgan fingerprint density at radius 1 is 1.38 bits per heavy atom. The maximum absolute atomic E-state index is 8.68. The van der Waals surface area contributed by atoms with Crippen molar-refractivity contribution in [1.82, 2.24) is 5.32 Å². The number of aliphatic hydroxyl groups is 1. The lowest BCUT2D eigenvalue weighted by molar-refractivity contribution is 0.258. The molecule has 1 saturated carbocycles. The van der Waals surface area contributed by atoms with Crippen LogP contribution in [0.4, 0.5) is 0 Å². The molecule has 0 spiro atoms. The smallest absolute Gasteiger partial charge is 0.0465 e. The Morgan fingerprint density at radius 2 is 2.00 bits per heavy atom. The van der Waals surface area contributed by atoms with Crippen LogP contribution < -0.4 is 5.32 Å². The van der Waals surface area contributed by atoms with Crippen molar-refractivity contribution in [2.75, 3.05) is 19.7 Å². The fourth-order valence-corrected chi connectivity index (χ4v) is 1.82. The zero-order chi connectivity index (χ0) is 5.56. The summed E-state index contributed by atoms with van der Waals surface area (Å²) in [6.07, 6.45) is 0. The summed E-state index contributed by atoms with van der Waals surface area (Å²) in [7, 11) is 0. The molecule has 1 aliphatic heterocycles. The number of nitrogens with one attached hydrogen (secondary N) is 1. The normalized spacial score (nSPS) is 51.4. The van der Waals surface area contributed by atoms with Gasteiger partial charge in [-0.15, -0.1) is 0 Å². The molecule has 2 heteroatoms. The highest BCUT2D eigenvalue weighted by atomic mass is 16.3. The molecule has 0 radical (unpaired) electrons.